The summed E-state index contributed by atoms with van der Waals surface area (Å²) in [6, 6.07) is 140. The van der Waals surface area contributed by atoms with Crippen LogP contribution in [-0.4, -0.2) is 27.4 Å². The van der Waals surface area contributed by atoms with Crippen molar-refractivity contribution in [2.75, 3.05) is 0 Å². The van der Waals surface area contributed by atoms with Crippen molar-refractivity contribution in [1.29, 1.82) is 0 Å². The molecule has 0 unspecified atom stereocenters. The van der Waals surface area contributed by atoms with Crippen molar-refractivity contribution >= 4 is 238 Å². The van der Waals surface area contributed by atoms with E-state index >= 15 is 0 Å². The maximum atomic E-state index is 6.13. The topological polar surface area (TPSA) is 55.9 Å². The molecule has 121 heavy (non-hydrogen) atoms. The summed E-state index contributed by atoms with van der Waals surface area (Å²) in [7, 11) is 6.43. The van der Waals surface area contributed by atoms with Crippen LogP contribution in [0.25, 0.3) is 232 Å². The van der Waals surface area contributed by atoms with Gasteiger partial charge in [-0.25, -0.2) is 0 Å². The first-order chi connectivity index (χ1) is 59.8. The predicted molar refractivity (Wildman–Crippen MR) is 518 cm³/mol. The SMILES string of the molecule is Cn1c2ccccc2c2cc3c(cc21)oc1ccccc13.Cn1c2ccccc2c2cc3c(cc21)sc1ccccc13.Cn1c2ccccc2c2cc3c4ccccc4n(-c4ccccc4)c3cc21.c1ccc(-n2c3ccccc3c3cc4c(cc32)oc2ccccc24)cc1.c1ccc(-n2c3ccccc3c3cc4c(cc32)sc2ccccc24)cc1. The summed E-state index contributed by atoms with van der Waals surface area (Å²) in [6.45, 7) is 0. The van der Waals surface area contributed by atoms with Crippen LogP contribution in [0.5, 0.6) is 0 Å². The third-order valence-electron chi connectivity index (χ3n) is 24.9. The van der Waals surface area contributed by atoms with E-state index in [-0.39, 0.29) is 0 Å². The van der Waals surface area contributed by atoms with Crippen LogP contribution < -0.4 is 0 Å². The Morgan fingerprint density at radius 1 is 0.157 bits per heavy atom. The van der Waals surface area contributed by atoms with Gasteiger partial charge in [0, 0.05) is 193 Å². The first kappa shape index (κ1) is 70.0. The van der Waals surface area contributed by atoms with E-state index < -0.39 is 0 Å². The minimum Gasteiger partial charge on any atom is -0.456 e. The Bertz CT molecular complexity index is 8620. The Morgan fingerprint density at radius 2 is 0.405 bits per heavy atom. The van der Waals surface area contributed by atoms with E-state index in [2.05, 4.69) is 419 Å². The van der Waals surface area contributed by atoms with Crippen LogP contribution in [-0.2, 0) is 21.1 Å². The third kappa shape index (κ3) is 11.2. The van der Waals surface area contributed by atoms with Crippen LogP contribution in [0.3, 0.4) is 0 Å². The normalized spacial score (nSPS) is 11.9. The molecule has 0 saturated carbocycles. The standard InChI is InChI=1S/C25H18N2.C24H15NO.C24H15NS.C19H13NO.C19H13NS/c1-26-22-13-7-5-11-18(22)20-15-21-19-12-6-8-14-23(19)27(25(21)16-24(20)26)17-9-3-2-4-10-17;2*1-2-8-16(9-3-1)25-21-12-6-4-10-17(21)19-14-20-18-11-5-7-13-23(18)26-24(20)15-22(19)25;2*1-20-16-8-4-2-6-12(16)14-10-15-13-7-3-5-9-18(13)21-19(15)11-17(14)20/h2-16H,1H3;2*1-15H;2*2-11H,1H3. The van der Waals surface area contributed by atoms with Crippen LogP contribution in [0, 0.1) is 0 Å². The average Bonchev–Trinajstić information content (AvgIpc) is 1.58. The van der Waals surface area contributed by atoms with Gasteiger partial charge in [0.05, 0.1) is 49.7 Å². The molecule has 0 N–H and O–H groups in total. The highest BCUT2D eigenvalue weighted by molar-refractivity contribution is 7.26. The van der Waals surface area contributed by atoms with Crippen LogP contribution >= 0.6 is 22.7 Å². The molecule has 18 aromatic carbocycles. The van der Waals surface area contributed by atoms with Crippen molar-refractivity contribution < 1.29 is 8.83 Å². The number of nitrogens with zero attached hydrogens (tertiary/aromatic N) is 6. The number of hydrogen-bond donors (Lipinski definition) is 0. The van der Waals surface area contributed by atoms with Crippen molar-refractivity contribution in [3.63, 3.8) is 0 Å². The maximum Gasteiger partial charge on any atom is 0.137 e. The zero-order valence-corrected chi connectivity index (χ0v) is 68.0. The van der Waals surface area contributed by atoms with Gasteiger partial charge in [0.15, 0.2) is 0 Å². The van der Waals surface area contributed by atoms with Crippen LogP contribution in [0.15, 0.2) is 403 Å². The maximum absolute atomic E-state index is 6.13. The molecule has 572 valence electrons. The van der Waals surface area contributed by atoms with Gasteiger partial charge >= 0.3 is 0 Å². The molecule has 10 heterocycles. The van der Waals surface area contributed by atoms with Crippen LogP contribution in [0.2, 0.25) is 0 Å². The monoisotopic (exact) mass is 1590 g/mol. The zero-order valence-electron chi connectivity index (χ0n) is 66.3. The van der Waals surface area contributed by atoms with Gasteiger partial charge in [-0.3, -0.25) is 0 Å². The summed E-state index contributed by atoms with van der Waals surface area (Å²) in [5, 5.41) is 25.8. The third-order valence-corrected chi connectivity index (χ3v) is 27.2. The van der Waals surface area contributed by atoms with Gasteiger partial charge in [0.1, 0.15) is 22.3 Å². The first-order valence-corrected chi connectivity index (χ1v) is 42.7. The summed E-state index contributed by atoms with van der Waals surface area (Å²) < 4.78 is 31.5. The highest BCUT2D eigenvalue weighted by atomic mass is 32.1. The Hall–Kier alpha value is -15.2. The molecule has 0 amide bonds. The Morgan fingerprint density at radius 3 is 0.793 bits per heavy atom. The molecule has 28 aromatic rings. The lowest BCUT2D eigenvalue weighted by Crippen LogP contribution is -1.93. The van der Waals surface area contributed by atoms with Crippen molar-refractivity contribution in [2.24, 2.45) is 21.1 Å². The minimum absolute atomic E-state index is 0.929. The Labute approximate surface area is 701 Å². The second kappa shape index (κ2) is 28.0. The van der Waals surface area contributed by atoms with Crippen molar-refractivity contribution in [2.45, 2.75) is 0 Å². The summed E-state index contributed by atoms with van der Waals surface area (Å²) in [5.74, 6) is 0. The molecule has 28 rings (SSSR count). The Kier molecular flexibility index (Phi) is 16.2. The van der Waals surface area contributed by atoms with Gasteiger partial charge in [-0.05, 0) is 146 Å². The van der Waals surface area contributed by atoms with Crippen LogP contribution in [0.1, 0.15) is 0 Å². The Balaban J connectivity index is 0.0000000860. The number of furan rings is 2. The first-order valence-electron chi connectivity index (χ1n) is 41.1. The highest BCUT2D eigenvalue weighted by Gasteiger charge is 2.22. The van der Waals surface area contributed by atoms with Gasteiger partial charge in [-0.2, -0.15) is 0 Å². The lowest BCUT2D eigenvalue weighted by molar-refractivity contribution is 0.669. The van der Waals surface area contributed by atoms with Gasteiger partial charge in [0.2, 0.25) is 0 Å². The number of fused-ring (bicyclic) bond motifs is 30. The zero-order chi connectivity index (χ0) is 80.1. The molecule has 0 saturated heterocycles. The number of aromatic nitrogens is 6. The molecule has 8 nitrogen and oxygen atoms in total. The fourth-order valence-corrected chi connectivity index (χ4v) is 21.6. The number of benzene rings is 18. The molecular formula is C111H74N6O2S2. The van der Waals surface area contributed by atoms with Gasteiger partial charge in [0.25, 0.3) is 0 Å². The molecule has 0 fully saturated rings. The molecule has 0 bridgehead atoms. The average molecular weight is 1590 g/mol. The number of para-hydroxylation sites is 11. The quantitative estimate of drug-likeness (QED) is 0.177. The molecule has 10 aromatic heterocycles. The number of hydrogen-bond acceptors (Lipinski definition) is 4. The van der Waals surface area contributed by atoms with Gasteiger partial charge in [-0.15, -0.1) is 22.7 Å². The van der Waals surface area contributed by atoms with Crippen molar-refractivity contribution in [1.82, 2.24) is 27.4 Å². The highest BCUT2D eigenvalue weighted by Crippen LogP contribution is 2.46. The van der Waals surface area contributed by atoms with Gasteiger partial charge < -0.3 is 36.2 Å². The summed E-state index contributed by atoms with van der Waals surface area (Å²) in [6.07, 6.45) is 0. The second-order valence-corrected chi connectivity index (χ2v) is 33.7. The van der Waals surface area contributed by atoms with E-state index in [1.54, 1.807) is 0 Å². The van der Waals surface area contributed by atoms with Crippen molar-refractivity contribution in [3.8, 4) is 17.1 Å². The smallest absolute Gasteiger partial charge is 0.137 e. The number of thiophene rings is 2. The predicted octanol–water partition coefficient (Wildman–Crippen LogP) is 31.2. The van der Waals surface area contributed by atoms with E-state index in [0.29, 0.717) is 0 Å². The van der Waals surface area contributed by atoms with E-state index in [1.807, 2.05) is 46.9 Å². The lowest BCUT2D eigenvalue weighted by Gasteiger charge is -2.08. The lowest BCUT2D eigenvalue weighted by atomic mass is 10.1. The largest absolute Gasteiger partial charge is 0.456 e. The fraction of sp³-hybridized carbons (Fsp3) is 0.0270. The second-order valence-electron chi connectivity index (χ2n) is 31.5. The summed E-state index contributed by atoms with van der Waals surface area (Å²) in [4.78, 5) is 0. The van der Waals surface area contributed by atoms with Gasteiger partial charge in [-0.1, -0.05) is 237 Å². The van der Waals surface area contributed by atoms with E-state index in [0.717, 1.165) is 28.0 Å². The number of rotatable bonds is 3. The summed E-state index contributed by atoms with van der Waals surface area (Å²) in [5.41, 5.74) is 22.4. The molecule has 0 spiro atoms. The molecule has 0 radical (unpaired) electrons. The molecule has 10 heteroatoms. The molecule has 0 aliphatic heterocycles. The number of aryl methyl sites for hydroxylation is 3. The molecular weight excluding hydrogens is 1510 g/mol. The fourth-order valence-electron chi connectivity index (χ4n) is 19.3. The van der Waals surface area contributed by atoms with E-state index in [1.165, 1.54) is 204 Å². The summed E-state index contributed by atoms with van der Waals surface area (Å²) >= 11 is 3.76. The van der Waals surface area contributed by atoms with Crippen molar-refractivity contribution in [3.05, 3.63) is 394 Å². The van der Waals surface area contributed by atoms with E-state index in [9.17, 15) is 0 Å². The minimum atomic E-state index is 0.929. The molecule has 0 aliphatic rings. The van der Waals surface area contributed by atoms with Crippen LogP contribution in [0.4, 0.5) is 0 Å². The van der Waals surface area contributed by atoms with E-state index in [4.69, 9.17) is 8.83 Å². The molecule has 0 atom stereocenters. The molecule has 0 aliphatic carbocycles.